The van der Waals surface area contributed by atoms with Gasteiger partial charge in [0, 0.05) is 19.2 Å². The molecule has 0 bridgehead atoms. The third-order valence-electron chi connectivity index (χ3n) is 1.87. The molecule has 8 heteroatoms. The number of hydrogen-bond acceptors (Lipinski definition) is 5. The normalized spacial score (nSPS) is 19.8. The molecule has 0 radical (unpaired) electrons. The number of oxime groups is 1. The first kappa shape index (κ1) is 13.2. The number of halogens is 3. The van der Waals surface area contributed by atoms with E-state index in [2.05, 4.69) is 5.16 Å². The minimum atomic E-state index is -4.34. The van der Waals surface area contributed by atoms with E-state index in [1.54, 1.807) is 6.92 Å². The minimum Gasteiger partial charge on any atom is -0.396 e. The first-order valence-corrected chi connectivity index (χ1v) is 4.87. The summed E-state index contributed by atoms with van der Waals surface area (Å²) in [6.07, 6.45) is -2.36. The number of rotatable bonds is 5. The molecule has 0 aromatic heterocycles. The Morgan fingerprint density at radius 3 is 2.81 bits per heavy atom. The summed E-state index contributed by atoms with van der Waals surface area (Å²) < 4.78 is 36.6. The van der Waals surface area contributed by atoms with E-state index in [-0.39, 0.29) is 11.6 Å². The van der Waals surface area contributed by atoms with Crippen molar-refractivity contribution in [2.45, 2.75) is 19.6 Å². The smallest absolute Gasteiger partial charge is 0.396 e. The van der Waals surface area contributed by atoms with Crippen LogP contribution < -0.4 is 0 Å². The van der Waals surface area contributed by atoms with Crippen molar-refractivity contribution in [3.05, 3.63) is 0 Å². The van der Waals surface area contributed by atoms with Crippen LogP contribution in [0.15, 0.2) is 5.16 Å². The fourth-order valence-electron chi connectivity index (χ4n) is 1.09. The van der Waals surface area contributed by atoms with Crippen LogP contribution in [-0.4, -0.2) is 49.0 Å². The van der Waals surface area contributed by atoms with Crippen LogP contribution in [0.4, 0.5) is 13.2 Å². The van der Waals surface area contributed by atoms with Gasteiger partial charge in [0.2, 0.25) is 0 Å². The summed E-state index contributed by atoms with van der Waals surface area (Å²) in [5, 5.41) is 4.82. The Labute approximate surface area is 91.3 Å². The standard InChI is InChI=1S/C8H14F3N3O2/c1-2-15-12-4-3-5-14-6-13(7-16-14)8(9,10)11/h4H,2-3,5-7H2,1H3. The molecule has 1 saturated heterocycles. The van der Waals surface area contributed by atoms with Crippen LogP contribution in [0.3, 0.4) is 0 Å². The lowest BCUT2D eigenvalue weighted by molar-refractivity contribution is -0.245. The van der Waals surface area contributed by atoms with Gasteiger partial charge in [0.15, 0.2) is 0 Å². The number of hydroxylamine groups is 2. The van der Waals surface area contributed by atoms with Crippen molar-refractivity contribution in [1.29, 1.82) is 0 Å². The SMILES string of the molecule is CCON=CCCN1CN(C(F)(F)F)CO1. The summed E-state index contributed by atoms with van der Waals surface area (Å²) >= 11 is 0. The van der Waals surface area contributed by atoms with E-state index in [1.807, 2.05) is 0 Å². The van der Waals surface area contributed by atoms with E-state index in [4.69, 9.17) is 9.68 Å². The Kier molecular flexibility index (Phi) is 4.97. The maximum atomic E-state index is 12.2. The number of alkyl halides is 3. The fourth-order valence-corrected chi connectivity index (χ4v) is 1.09. The Hall–Kier alpha value is -0.860. The van der Waals surface area contributed by atoms with Gasteiger partial charge in [-0.05, 0) is 6.92 Å². The lowest BCUT2D eigenvalue weighted by Crippen LogP contribution is -2.37. The molecule has 0 unspecified atom stereocenters. The molecule has 0 spiro atoms. The van der Waals surface area contributed by atoms with Crippen LogP contribution in [0, 0.1) is 0 Å². The highest BCUT2D eigenvalue weighted by Gasteiger charge is 2.41. The Balaban J connectivity index is 2.17. The monoisotopic (exact) mass is 241 g/mol. The van der Waals surface area contributed by atoms with Gasteiger partial charge in [0.25, 0.3) is 0 Å². The van der Waals surface area contributed by atoms with E-state index in [0.717, 1.165) is 0 Å². The average Bonchev–Trinajstić information content (AvgIpc) is 2.65. The van der Waals surface area contributed by atoms with Gasteiger partial charge >= 0.3 is 6.30 Å². The van der Waals surface area contributed by atoms with Crippen LogP contribution in [0.5, 0.6) is 0 Å². The highest BCUT2D eigenvalue weighted by Crippen LogP contribution is 2.24. The molecule has 94 valence electrons. The largest absolute Gasteiger partial charge is 0.463 e. The lowest BCUT2D eigenvalue weighted by Gasteiger charge is -2.16. The van der Waals surface area contributed by atoms with Crippen molar-refractivity contribution in [3.63, 3.8) is 0 Å². The van der Waals surface area contributed by atoms with Crippen LogP contribution in [0.25, 0.3) is 0 Å². The van der Waals surface area contributed by atoms with Crippen molar-refractivity contribution in [1.82, 2.24) is 9.96 Å². The van der Waals surface area contributed by atoms with Gasteiger partial charge in [-0.15, -0.1) is 0 Å². The van der Waals surface area contributed by atoms with E-state index < -0.39 is 13.0 Å². The van der Waals surface area contributed by atoms with E-state index >= 15 is 0 Å². The molecule has 0 N–H and O–H groups in total. The van der Waals surface area contributed by atoms with Crippen LogP contribution in [0.2, 0.25) is 0 Å². The molecule has 1 heterocycles. The summed E-state index contributed by atoms with van der Waals surface area (Å²) in [6.45, 7) is 1.89. The Bertz CT molecular complexity index is 235. The molecule has 0 aromatic rings. The van der Waals surface area contributed by atoms with Crippen molar-refractivity contribution in [2.24, 2.45) is 5.16 Å². The maximum absolute atomic E-state index is 12.2. The van der Waals surface area contributed by atoms with Crippen molar-refractivity contribution in [2.75, 3.05) is 26.6 Å². The van der Waals surface area contributed by atoms with Crippen LogP contribution in [-0.2, 0) is 9.68 Å². The molecule has 1 aliphatic heterocycles. The zero-order chi connectivity index (χ0) is 12.0. The summed E-state index contributed by atoms with van der Waals surface area (Å²) in [5.41, 5.74) is 0. The zero-order valence-corrected chi connectivity index (χ0v) is 8.90. The summed E-state index contributed by atoms with van der Waals surface area (Å²) in [7, 11) is 0. The predicted molar refractivity (Wildman–Crippen MR) is 50.2 cm³/mol. The van der Waals surface area contributed by atoms with Gasteiger partial charge in [-0.25, -0.2) is 0 Å². The van der Waals surface area contributed by atoms with Gasteiger partial charge in [-0.3, -0.25) is 4.84 Å². The van der Waals surface area contributed by atoms with Gasteiger partial charge in [-0.2, -0.15) is 23.1 Å². The molecule has 16 heavy (non-hydrogen) atoms. The van der Waals surface area contributed by atoms with Crippen LogP contribution >= 0.6 is 0 Å². The molecule has 0 aliphatic carbocycles. The highest BCUT2D eigenvalue weighted by molar-refractivity contribution is 5.56. The predicted octanol–water partition coefficient (Wildman–Crippen LogP) is 1.38. The Morgan fingerprint density at radius 1 is 1.50 bits per heavy atom. The lowest BCUT2D eigenvalue weighted by atomic mass is 10.4. The topological polar surface area (TPSA) is 37.3 Å². The molecule has 1 fully saturated rings. The van der Waals surface area contributed by atoms with Gasteiger partial charge in [-0.1, -0.05) is 5.16 Å². The van der Waals surface area contributed by atoms with E-state index in [1.165, 1.54) is 11.3 Å². The summed E-state index contributed by atoms with van der Waals surface area (Å²) in [5.74, 6) is 0. The van der Waals surface area contributed by atoms with Gasteiger partial charge in [0.05, 0.1) is 6.67 Å². The maximum Gasteiger partial charge on any atom is 0.463 e. The highest BCUT2D eigenvalue weighted by atomic mass is 19.4. The third-order valence-corrected chi connectivity index (χ3v) is 1.87. The quantitative estimate of drug-likeness (QED) is 0.414. The molecular weight excluding hydrogens is 227 g/mol. The number of nitrogens with zero attached hydrogens (tertiary/aromatic N) is 3. The average molecular weight is 241 g/mol. The molecule has 0 saturated carbocycles. The summed E-state index contributed by atoms with van der Waals surface area (Å²) in [6, 6.07) is 0. The second-order valence-electron chi connectivity index (χ2n) is 3.11. The number of hydrogen-bond donors (Lipinski definition) is 0. The van der Waals surface area contributed by atoms with Crippen molar-refractivity contribution >= 4 is 6.21 Å². The van der Waals surface area contributed by atoms with Crippen LogP contribution in [0.1, 0.15) is 13.3 Å². The zero-order valence-electron chi connectivity index (χ0n) is 8.90. The first-order valence-electron chi connectivity index (χ1n) is 4.87. The second-order valence-corrected chi connectivity index (χ2v) is 3.11. The minimum absolute atomic E-state index is 0.272. The molecule has 0 amide bonds. The molecule has 5 nitrogen and oxygen atoms in total. The summed E-state index contributed by atoms with van der Waals surface area (Å²) in [4.78, 5) is 9.81. The van der Waals surface area contributed by atoms with Gasteiger partial charge in [0.1, 0.15) is 13.3 Å². The molecule has 1 aliphatic rings. The van der Waals surface area contributed by atoms with E-state index in [9.17, 15) is 13.2 Å². The molecular formula is C8H14F3N3O2. The molecule has 0 atom stereocenters. The second kappa shape index (κ2) is 6.02. The Morgan fingerprint density at radius 2 is 2.25 bits per heavy atom. The first-order chi connectivity index (χ1) is 7.54. The molecule has 0 aromatic carbocycles. The van der Waals surface area contributed by atoms with E-state index in [0.29, 0.717) is 19.6 Å². The van der Waals surface area contributed by atoms with Gasteiger partial charge < -0.3 is 4.84 Å². The van der Waals surface area contributed by atoms with Crippen molar-refractivity contribution < 1.29 is 22.8 Å². The molecule has 1 rings (SSSR count). The van der Waals surface area contributed by atoms with Crippen molar-refractivity contribution in [3.8, 4) is 0 Å². The third kappa shape index (κ3) is 4.33. The fraction of sp³-hybridized carbons (Fsp3) is 0.875.